The average molecular weight is 178 g/mol. The fraction of sp³-hybridized carbons (Fsp3) is 0.846. The molecule has 2 saturated carbocycles. The molecule has 0 aromatic rings. The van der Waals surface area contributed by atoms with Gasteiger partial charge in [0.25, 0.3) is 0 Å². The van der Waals surface area contributed by atoms with Crippen LogP contribution in [-0.2, 0) is 0 Å². The molecule has 0 aromatic heterocycles. The van der Waals surface area contributed by atoms with Crippen molar-refractivity contribution in [3.05, 3.63) is 12.2 Å². The van der Waals surface area contributed by atoms with E-state index in [4.69, 9.17) is 0 Å². The third-order valence-electron chi connectivity index (χ3n) is 4.09. The van der Waals surface area contributed by atoms with E-state index in [2.05, 4.69) is 26.0 Å². The Morgan fingerprint density at radius 1 is 1.15 bits per heavy atom. The Morgan fingerprint density at radius 3 is 2.77 bits per heavy atom. The smallest absolute Gasteiger partial charge is 0.0202 e. The van der Waals surface area contributed by atoms with E-state index >= 15 is 0 Å². The molecule has 2 aliphatic carbocycles. The summed E-state index contributed by atoms with van der Waals surface area (Å²) in [4.78, 5) is 0. The zero-order chi connectivity index (χ0) is 9.26. The van der Waals surface area contributed by atoms with Gasteiger partial charge in [0.2, 0.25) is 0 Å². The van der Waals surface area contributed by atoms with Crippen molar-refractivity contribution in [1.82, 2.24) is 0 Å². The molecule has 0 aliphatic heterocycles. The van der Waals surface area contributed by atoms with Crippen molar-refractivity contribution in [2.45, 2.75) is 46.0 Å². The highest BCUT2D eigenvalue weighted by Gasteiger charge is 2.38. The normalized spacial score (nSPS) is 45.4. The van der Waals surface area contributed by atoms with Crippen molar-refractivity contribution in [2.24, 2.45) is 23.7 Å². The number of allylic oxidation sites excluding steroid dienone is 2. The quantitative estimate of drug-likeness (QED) is 0.532. The standard InChI is InChI=1S/C13H22/c1-3-5-11-6-4-7-12-8-10(2)9-13(11)12/h3,5,10-13H,4,6-9H2,1-2H3/b5-3+. The molecule has 4 unspecified atom stereocenters. The summed E-state index contributed by atoms with van der Waals surface area (Å²) in [6, 6.07) is 0. The van der Waals surface area contributed by atoms with Crippen LogP contribution in [0, 0.1) is 23.7 Å². The van der Waals surface area contributed by atoms with Gasteiger partial charge in [0.15, 0.2) is 0 Å². The second-order valence-electron chi connectivity index (χ2n) is 5.12. The minimum absolute atomic E-state index is 0.925. The molecular formula is C13H22. The van der Waals surface area contributed by atoms with Gasteiger partial charge >= 0.3 is 0 Å². The molecule has 0 bridgehead atoms. The summed E-state index contributed by atoms with van der Waals surface area (Å²) in [6.45, 7) is 4.60. The second kappa shape index (κ2) is 3.86. The highest BCUT2D eigenvalue weighted by atomic mass is 14.4. The second-order valence-corrected chi connectivity index (χ2v) is 5.12. The van der Waals surface area contributed by atoms with E-state index in [0.29, 0.717) is 0 Å². The maximum atomic E-state index is 2.47. The fourth-order valence-electron chi connectivity index (χ4n) is 3.62. The summed E-state index contributed by atoms with van der Waals surface area (Å²) in [6.07, 6.45) is 12.2. The SMILES string of the molecule is C/C=C/C1CCCC2CC(C)CC12. The van der Waals surface area contributed by atoms with E-state index in [1.807, 2.05) is 0 Å². The van der Waals surface area contributed by atoms with Crippen molar-refractivity contribution in [3.63, 3.8) is 0 Å². The van der Waals surface area contributed by atoms with Crippen molar-refractivity contribution < 1.29 is 0 Å². The minimum atomic E-state index is 0.925. The van der Waals surface area contributed by atoms with E-state index in [9.17, 15) is 0 Å². The molecule has 0 aromatic carbocycles. The van der Waals surface area contributed by atoms with Crippen LogP contribution >= 0.6 is 0 Å². The van der Waals surface area contributed by atoms with Gasteiger partial charge in [0.05, 0.1) is 0 Å². The molecule has 13 heavy (non-hydrogen) atoms. The Hall–Kier alpha value is -0.260. The molecule has 2 aliphatic rings. The summed E-state index contributed by atoms with van der Waals surface area (Å²) in [5.41, 5.74) is 0. The topological polar surface area (TPSA) is 0 Å². The van der Waals surface area contributed by atoms with Gasteiger partial charge in [-0.25, -0.2) is 0 Å². The first-order valence-electron chi connectivity index (χ1n) is 5.94. The first-order valence-corrected chi connectivity index (χ1v) is 5.94. The van der Waals surface area contributed by atoms with Crippen LogP contribution in [0.3, 0.4) is 0 Å². The zero-order valence-electron chi connectivity index (χ0n) is 9.00. The van der Waals surface area contributed by atoms with Crippen molar-refractivity contribution in [2.75, 3.05) is 0 Å². The van der Waals surface area contributed by atoms with Crippen LogP contribution in [0.2, 0.25) is 0 Å². The Kier molecular flexibility index (Phi) is 2.76. The maximum Gasteiger partial charge on any atom is -0.0202 e. The lowest BCUT2D eigenvalue weighted by Gasteiger charge is -2.31. The summed E-state index contributed by atoms with van der Waals surface area (Å²) in [7, 11) is 0. The first kappa shape index (κ1) is 9.30. The van der Waals surface area contributed by atoms with Gasteiger partial charge in [-0.15, -0.1) is 0 Å². The fourth-order valence-corrected chi connectivity index (χ4v) is 3.62. The third-order valence-corrected chi connectivity index (χ3v) is 4.09. The van der Waals surface area contributed by atoms with Crippen LogP contribution in [0.5, 0.6) is 0 Å². The van der Waals surface area contributed by atoms with Crippen molar-refractivity contribution in [3.8, 4) is 0 Å². The summed E-state index contributed by atoms with van der Waals surface area (Å²) in [5.74, 6) is 4.04. The number of hydrogen-bond donors (Lipinski definition) is 0. The molecule has 0 heteroatoms. The highest BCUT2D eigenvalue weighted by Crippen LogP contribution is 2.48. The van der Waals surface area contributed by atoms with E-state index in [0.717, 1.165) is 23.7 Å². The molecule has 0 nitrogen and oxygen atoms in total. The average Bonchev–Trinajstić information content (AvgIpc) is 2.47. The van der Waals surface area contributed by atoms with Gasteiger partial charge in [0, 0.05) is 0 Å². The maximum absolute atomic E-state index is 2.47. The molecule has 74 valence electrons. The van der Waals surface area contributed by atoms with Crippen LogP contribution in [0.15, 0.2) is 12.2 Å². The molecule has 0 amide bonds. The predicted molar refractivity (Wildman–Crippen MR) is 57.5 cm³/mol. The Morgan fingerprint density at radius 2 is 2.00 bits per heavy atom. The van der Waals surface area contributed by atoms with E-state index in [1.165, 1.54) is 32.1 Å². The highest BCUT2D eigenvalue weighted by molar-refractivity contribution is 4.97. The predicted octanol–water partition coefficient (Wildman–Crippen LogP) is 4.02. The van der Waals surface area contributed by atoms with Gasteiger partial charge in [-0.1, -0.05) is 31.9 Å². The lowest BCUT2D eigenvalue weighted by atomic mass is 9.74. The van der Waals surface area contributed by atoms with Gasteiger partial charge in [0.1, 0.15) is 0 Å². The Bertz CT molecular complexity index is 192. The number of fused-ring (bicyclic) bond motifs is 1. The third kappa shape index (κ3) is 1.82. The molecule has 2 fully saturated rings. The van der Waals surface area contributed by atoms with Gasteiger partial charge < -0.3 is 0 Å². The lowest BCUT2D eigenvalue weighted by molar-refractivity contribution is 0.218. The van der Waals surface area contributed by atoms with Gasteiger partial charge in [-0.3, -0.25) is 0 Å². The zero-order valence-corrected chi connectivity index (χ0v) is 9.00. The number of rotatable bonds is 1. The summed E-state index contributed by atoms with van der Waals surface area (Å²) < 4.78 is 0. The largest absolute Gasteiger partial charge is 0.0914 e. The molecule has 0 radical (unpaired) electrons. The van der Waals surface area contributed by atoms with Crippen LogP contribution in [-0.4, -0.2) is 0 Å². The molecule has 0 spiro atoms. The number of hydrogen-bond acceptors (Lipinski definition) is 0. The molecular weight excluding hydrogens is 156 g/mol. The van der Waals surface area contributed by atoms with Crippen LogP contribution in [0.25, 0.3) is 0 Å². The van der Waals surface area contributed by atoms with Crippen LogP contribution in [0.1, 0.15) is 46.0 Å². The van der Waals surface area contributed by atoms with Crippen LogP contribution in [0.4, 0.5) is 0 Å². The molecule has 0 N–H and O–H groups in total. The minimum Gasteiger partial charge on any atom is -0.0914 e. The molecule has 4 atom stereocenters. The first-order chi connectivity index (χ1) is 6.31. The van der Waals surface area contributed by atoms with Crippen molar-refractivity contribution in [1.29, 1.82) is 0 Å². The van der Waals surface area contributed by atoms with Crippen LogP contribution < -0.4 is 0 Å². The summed E-state index contributed by atoms with van der Waals surface area (Å²) >= 11 is 0. The van der Waals surface area contributed by atoms with E-state index in [1.54, 1.807) is 0 Å². The lowest BCUT2D eigenvalue weighted by Crippen LogP contribution is -2.22. The van der Waals surface area contributed by atoms with Gasteiger partial charge in [-0.2, -0.15) is 0 Å². The summed E-state index contributed by atoms with van der Waals surface area (Å²) in [5, 5.41) is 0. The van der Waals surface area contributed by atoms with E-state index < -0.39 is 0 Å². The van der Waals surface area contributed by atoms with E-state index in [-0.39, 0.29) is 0 Å². The van der Waals surface area contributed by atoms with Gasteiger partial charge in [-0.05, 0) is 49.9 Å². The Labute approximate surface area is 82.4 Å². The molecule has 0 heterocycles. The Balaban J connectivity index is 2.05. The van der Waals surface area contributed by atoms with Crippen molar-refractivity contribution >= 4 is 0 Å². The monoisotopic (exact) mass is 178 g/mol. The molecule has 2 rings (SSSR count). The molecule has 0 saturated heterocycles.